The zero-order chi connectivity index (χ0) is 16.0. The molecule has 22 heavy (non-hydrogen) atoms. The van der Waals surface area contributed by atoms with Crippen LogP contribution in [0.4, 0.5) is 0 Å². The van der Waals surface area contributed by atoms with Crippen molar-refractivity contribution in [3.63, 3.8) is 0 Å². The summed E-state index contributed by atoms with van der Waals surface area (Å²) in [6.45, 7) is 8.00. The molecule has 1 aliphatic rings. The van der Waals surface area contributed by atoms with Crippen molar-refractivity contribution < 1.29 is 9.31 Å². The predicted octanol–water partition coefficient (Wildman–Crippen LogP) is 2.04. The molecule has 2 heterocycles. The number of nitrogens with zero attached hydrogens (tertiary/aromatic N) is 3. The normalized spacial score (nSPS) is 19.1. The molecule has 6 heteroatoms. The van der Waals surface area contributed by atoms with E-state index in [0.29, 0.717) is 5.56 Å². The van der Waals surface area contributed by atoms with Gasteiger partial charge in [0.25, 0.3) is 0 Å². The van der Waals surface area contributed by atoms with Crippen LogP contribution < -0.4 is 5.46 Å². The first-order valence-electron chi connectivity index (χ1n) is 7.22. The average molecular weight is 295 g/mol. The van der Waals surface area contributed by atoms with Crippen molar-refractivity contribution in [3.8, 4) is 11.8 Å². The summed E-state index contributed by atoms with van der Waals surface area (Å²) in [5.41, 5.74) is 1.34. The van der Waals surface area contributed by atoms with Crippen molar-refractivity contribution in [3.05, 3.63) is 42.5 Å². The zero-order valence-electron chi connectivity index (χ0n) is 13.2. The lowest BCUT2D eigenvalue weighted by Gasteiger charge is -2.32. The number of nitriles is 1. The summed E-state index contributed by atoms with van der Waals surface area (Å²) < 4.78 is 13.9. The fourth-order valence-corrected chi connectivity index (χ4v) is 2.39. The summed E-state index contributed by atoms with van der Waals surface area (Å²) in [4.78, 5) is 4.02. The van der Waals surface area contributed by atoms with Crippen LogP contribution in [0.15, 0.2) is 36.9 Å². The highest BCUT2D eigenvalue weighted by atomic mass is 16.7. The largest absolute Gasteiger partial charge is 0.496 e. The van der Waals surface area contributed by atoms with Gasteiger partial charge in [0, 0.05) is 23.5 Å². The van der Waals surface area contributed by atoms with Crippen LogP contribution in [-0.2, 0) is 9.31 Å². The lowest BCUT2D eigenvalue weighted by Crippen LogP contribution is -2.41. The van der Waals surface area contributed by atoms with Gasteiger partial charge in [-0.3, -0.25) is 0 Å². The third kappa shape index (κ3) is 2.33. The highest BCUT2D eigenvalue weighted by molar-refractivity contribution is 6.62. The maximum atomic E-state index is 9.47. The molecule has 0 radical (unpaired) electrons. The molecule has 1 fully saturated rings. The van der Waals surface area contributed by atoms with E-state index in [1.807, 2.05) is 56.7 Å². The van der Waals surface area contributed by atoms with Crippen LogP contribution >= 0.6 is 0 Å². The second kappa shape index (κ2) is 4.97. The molecule has 0 bridgehead atoms. The van der Waals surface area contributed by atoms with E-state index >= 15 is 0 Å². The Morgan fingerprint density at radius 2 is 1.86 bits per heavy atom. The van der Waals surface area contributed by atoms with Gasteiger partial charge in [-0.15, -0.1) is 0 Å². The maximum absolute atomic E-state index is 9.47. The Bertz CT molecular complexity index is 716. The first-order chi connectivity index (χ1) is 10.3. The maximum Gasteiger partial charge on any atom is 0.496 e. The van der Waals surface area contributed by atoms with E-state index in [1.54, 1.807) is 12.5 Å². The van der Waals surface area contributed by atoms with Gasteiger partial charge in [0.15, 0.2) is 0 Å². The molecular formula is C16H18BN3O2. The van der Waals surface area contributed by atoms with Crippen molar-refractivity contribution >= 4 is 12.6 Å². The second-order valence-corrected chi connectivity index (χ2v) is 6.44. The van der Waals surface area contributed by atoms with Crippen molar-refractivity contribution in [1.82, 2.24) is 9.55 Å². The average Bonchev–Trinajstić information content (AvgIpc) is 3.05. The smallest absolute Gasteiger partial charge is 0.399 e. The van der Waals surface area contributed by atoms with Gasteiger partial charge in [0.1, 0.15) is 0 Å². The van der Waals surface area contributed by atoms with E-state index < -0.39 is 18.3 Å². The van der Waals surface area contributed by atoms with E-state index in [-0.39, 0.29) is 0 Å². The highest BCUT2D eigenvalue weighted by Crippen LogP contribution is 2.36. The Labute approximate surface area is 130 Å². The van der Waals surface area contributed by atoms with Crippen LogP contribution in [0, 0.1) is 11.3 Å². The summed E-state index contributed by atoms with van der Waals surface area (Å²) in [5.74, 6) is 0. The highest BCUT2D eigenvalue weighted by Gasteiger charge is 2.52. The van der Waals surface area contributed by atoms with Gasteiger partial charge in [-0.05, 0) is 39.8 Å². The van der Waals surface area contributed by atoms with Gasteiger partial charge in [-0.1, -0.05) is 6.07 Å². The van der Waals surface area contributed by atoms with Gasteiger partial charge in [0.05, 0.1) is 29.2 Å². The molecule has 0 atom stereocenters. The Morgan fingerprint density at radius 1 is 1.18 bits per heavy atom. The fourth-order valence-electron chi connectivity index (χ4n) is 2.39. The molecular weight excluding hydrogens is 277 g/mol. The molecule has 1 saturated heterocycles. The van der Waals surface area contributed by atoms with E-state index in [4.69, 9.17) is 9.31 Å². The molecule has 1 aliphatic heterocycles. The van der Waals surface area contributed by atoms with Crippen molar-refractivity contribution in [1.29, 1.82) is 5.26 Å². The minimum absolute atomic E-state index is 0.423. The number of benzene rings is 1. The lowest BCUT2D eigenvalue weighted by molar-refractivity contribution is 0.00578. The van der Waals surface area contributed by atoms with Crippen LogP contribution in [0.3, 0.4) is 0 Å². The molecule has 3 rings (SSSR count). The minimum atomic E-state index is -0.531. The number of hydrogen-bond donors (Lipinski definition) is 0. The molecule has 112 valence electrons. The molecule has 5 nitrogen and oxygen atoms in total. The molecule has 0 spiro atoms. The van der Waals surface area contributed by atoms with Gasteiger partial charge >= 0.3 is 7.12 Å². The summed E-state index contributed by atoms with van der Waals surface area (Å²) in [6.07, 6.45) is 5.24. The SMILES string of the molecule is CC1(C)OB(c2ccc(-n3ccnc3)cc2C#N)OC1(C)C. The third-order valence-electron chi connectivity index (χ3n) is 4.47. The monoisotopic (exact) mass is 295 g/mol. The van der Waals surface area contributed by atoms with Gasteiger partial charge < -0.3 is 13.9 Å². The van der Waals surface area contributed by atoms with E-state index in [0.717, 1.165) is 11.2 Å². The Balaban J connectivity index is 1.98. The van der Waals surface area contributed by atoms with Crippen molar-refractivity contribution in [2.24, 2.45) is 0 Å². The molecule has 0 amide bonds. The van der Waals surface area contributed by atoms with Crippen molar-refractivity contribution in [2.45, 2.75) is 38.9 Å². The third-order valence-corrected chi connectivity index (χ3v) is 4.47. The topological polar surface area (TPSA) is 60.1 Å². The molecule has 0 unspecified atom stereocenters. The zero-order valence-corrected chi connectivity index (χ0v) is 13.2. The van der Waals surface area contributed by atoms with Crippen LogP contribution in [0.1, 0.15) is 33.3 Å². The molecule has 0 aliphatic carbocycles. The lowest BCUT2D eigenvalue weighted by atomic mass is 9.76. The summed E-state index contributed by atoms with van der Waals surface area (Å²) in [7, 11) is -0.531. The number of hydrogen-bond acceptors (Lipinski definition) is 4. The standard InChI is InChI=1S/C16H18BN3O2/c1-15(2)16(3,4)22-17(21-15)14-6-5-13(9-12(14)10-18)20-8-7-19-11-20/h5-9,11H,1-4H3. The summed E-state index contributed by atoms with van der Waals surface area (Å²) in [5, 5.41) is 9.47. The van der Waals surface area contributed by atoms with E-state index in [9.17, 15) is 5.26 Å². The predicted molar refractivity (Wildman–Crippen MR) is 84.0 cm³/mol. The van der Waals surface area contributed by atoms with Crippen LogP contribution in [-0.4, -0.2) is 27.9 Å². The fraction of sp³-hybridized carbons (Fsp3) is 0.375. The minimum Gasteiger partial charge on any atom is -0.399 e. The Kier molecular flexibility index (Phi) is 3.35. The molecule has 0 saturated carbocycles. The van der Waals surface area contributed by atoms with Crippen LogP contribution in [0.5, 0.6) is 0 Å². The molecule has 0 N–H and O–H groups in total. The van der Waals surface area contributed by atoms with Crippen molar-refractivity contribution in [2.75, 3.05) is 0 Å². The Morgan fingerprint density at radius 3 is 2.41 bits per heavy atom. The van der Waals surface area contributed by atoms with Gasteiger partial charge in [0.2, 0.25) is 0 Å². The molecule has 1 aromatic carbocycles. The first-order valence-corrected chi connectivity index (χ1v) is 7.22. The quantitative estimate of drug-likeness (QED) is 0.796. The Hall–Kier alpha value is -2.10. The number of rotatable bonds is 2. The van der Waals surface area contributed by atoms with Crippen LogP contribution in [0.2, 0.25) is 0 Å². The van der Waals surface area contributed by atoms with Gasteiger partial charge in [-0.2, -0.15) is 5.26 Å². The molecule has 1 aromatic heterocycles. The second-order valence-electron chi connectivity index (χ2n) is 6.44. The number of aromatic nitrogens is 2. The van der Waals surface area contributed by atoms with E-state index in [1.165, 1.54) is 0 Å². The molecule has 2 aromatic rings. The van der Waals surface area contributed by atoms with Crippen LogP contribution in [0.25, 0.3) is 5.69 Å². The summed E-state index contributed by atoms with van der Waals surface area (Å²) in [6, 6.07) is 7.88. The first kappa shape index (κ1) is 14.8. The summed E-state index contributed by atoms with van der Waals surface area (Å²) >= 11 is 0. The number of imidazole rings is 1. The van der Waals surface area contributed by atoms with E-state index in [2.05, 4.69) is 11.1 Å². The van der Waals surface area contributed by atoms with Gasteiger partial charge in [-0.25, -0.2) is 4.98 Å².